The Hall–Kier alpha value is -3.10. The molecule has 0 aliphatic carbocycles. The van der Waals surface area contributed by atoms with E-state index >= 15 is 0 Å². The van der Waals surface area contributed by atoms with Crippen LogP contribution in [0.2, 0.25) is 0 Å². The first-order chi connectivity index (χ1) is 14.0. The van der Waals surface area contributed by atoms with E-state index in [1.165, 1.54) is 12.1 Å². The van der Waals surface area contributed by atoms with Gasteiger partial charge in [0.1, 0.15) is 5.82 Å². The quantitative estimate of drug-likeness (QED) is 0.708. The van der Waals surface area contributed by atoms with E-state index in [4.69, 9.17) is 9.47 Å². The summed E-state index contributed by atoms with van der Waals surface area (Å²) in [5.74, 6) is 0.0253. The van der Waals surface area contributed by atoms with Gasteiger partial charge in [-0.25, -0.2) is 9.37 Å². The molecule has 1 aromatic carbocycles. The van der Waals surface area contributed by atoms with Crippen molar-refractivity contribution >= 4 is 5.91 Å². The van der Waals surface area contributed by atoms with Crippen molar-refractivity contribution in [3.63, 3.8) is 0 Å². The fraction of sp³-hybridized carbons (Fsp3) is 0.286. The monoisotopic (exact) mass is 396 g/mol. The number of carbonyl (C=O) groups excluding carboxylic acids is 1. The number of hydrogen-bond acceptors (Lipinski definition) is 5. The molecule has 150 valence electrons. The number of aromatic amines is 1. The highest BCUT2D eigenvalue weighted by Crippen LogP contribution is 2.35. The van der Waals surface area contributed by atoms with Crippen molar-refractivity contribution in [1.29, 1.82) is 0 Å². The Labute approximate surface area is 167 Å². The van der Waals surface area contributed by atoms with Crippen LogP contribution in [-0.2, 0) is 14.3 Å². The Kier molecular flexibility index (Phi) is 5.12. The third-order valence-electron chi connectivity index (χ3n) is 4.91. The van der Waals surface area contributed by atoms with Gasteiger partial charge in [0.05, 0.1) is 30.0 Å². The number of ether oxygens (including phenoxy) is 2. The molecule has 2 N–H and O–H groups in total. The molecule has 1 amide bonds. The summed E-state index contributed by atoms with van der Waals surface area (Å²) in [5.41, 5.74) is 2.28. The summed E-state index contributed by atoms with van der Waals surface area (Å²) in [6, 6.07) is 9.84. The van der Waals surface area contributed by atoms with Gasteiger partial charge in [0.2, 0.25) is 12.2 Å². The SMILES string of the molecule is CNC(=O)C1(C)COC(c2nc(-c3ccc(F)cc3)c(-c3ccncc3)[nH]2)OC1. The number of pyridine rings is 1. The van der Waals surface area contributed by atoms with Crippen LogP contribution in [-0.4, -0.2) is 41.1 Å². The van der Waals surface area contributed by atoms with Crippen LogP contribution in [0.5, 0.6) is 0 Å². The highest BCUT2D eigenvalue weighted by molar-refractivity contribution is 5.82. The minimum Gasteiger partial charge on any atom is -0.359 e. The number of rotatable bonds is 4. The molecule has 1 aliphatic rings. The van der Waals surface area contributed by atoms with E-state index in [1.807, 2.05) is 12.1 Å². The minimum absolute atomic E-state index is 0.139. The molecule has 8 heteroatoms. The van der Waals surface area contributed by atoms with Gasteiger partial charge < -0.3 is 19.8 Å². The fourth-order valence-corrected chi connectivity index (χ4v) is 3.25. The molecule has 0 saturated carbocycles. The molecule has 0 bridgehead atoms. The third-order valence-corrected chi connectivity index (χ3v) is 4.91. The van der Waals surface area contributed by atoms with E-state index in [1.54, 1.807) is 38.5 Å². The second kappa shape index (κ2) is 7.73. The lowest BCUT2D eigenvalue weighted by Crippen LogP contribution is -2.47. The van der Waals surface area contributed by atoms with Crippen LogP contribution in [0.15, 0.2) is 48.8 Å². The standard InChI is InChI=1S/C21H21FN4O3/c1-21(20(27)23-2)11-28-19(29-12-21)18-25-16(13-3-5-15(22)6-4-13)17(26-18)14-7-9-24-10-8-14/h3-10,19H,11-12H2,1-2H3,(H,23,27)(H,25,26). The molecule has 0 atom stereocenters. The van der Waals surface area contributed by atoms with Crippen molar-refractivity contribution in [3.05, 3.63) is 60.4 Å². The average Bonchev–Trinajstić information content (AvgIpc) is 3.20. The van der Waals surface area contributed by atoms with Gasteiger partial charge >= 0.3 is 0 Å². The number of carbonyl (C=O) groups is 1. The van der Waals surface area contributed by atoms with Crippen molar-refractivity contribution in [2.24, 2.45) is 5.41 Å². The van der Waals surface area contributed by atoms with E-state index in [0.717, 1.165) is 16.8 Å². The Morgan fingerprint density at radius 3 is 2.41 bits per heavy atom. The predicted molar refractivity (Wildman–Crippen MR) is 104 cm³/mol. The van der Waals surface area contributed by atoms with E-state index in [0.29, 0.717) is 11.5 Å². The Balaban J connectivity index is 1.67. The second-order valence-corrected chi connectivity index (χ2v) is 7.18. The summed E-state index contributed by atoms with van der Waals surface area (Å²) in [4.78, 5) is 24.0. The summed E-state index contributed by atoms with van der Waals surface area (Å²) >= 11 is 0. The lowest BCUT2D eigenvalue weighted by atomic mass is 9.91. The lowest BCUT2D eigenvalue weighted by Gasteiger charge is -2.34. The van der Waals surface area contributed by atoms with Crippen LogP contribution in [0.1, 0.15) is 19.0 Å². The highest BCUT2D eigenvalue weighted by atomic mass is 19.1. The number of imidazole rings is 1. The molecule has 0 unspecified atom stereocenters. The van der Waals surface area contributed by atoms with Gasteiger partial charge in [-0.15, -0.1) is 0 Å². The van der Waals surface area contributed by atoms with Crippen molar-refractivity contribution in [2.75, 3.05) is 20.3 Å². The third kappa shape index (κ3) is 3.76. The van der Waals surface area contributed by atoms with Gasteiger partial charge in [-0.05, 0) is 43.3 Å². The molecule has 1 fully saturated rings. The van der Waals surface area contributed by atoms with E-state index in [-0.39, 0.29) is 24.9 Å². The largest absolute Gasteiger partial charge is 0.359 e. The average molecular weight is 396 g/mol. The molecular formula is C21H21FN4O3. The molecular weight excluding hydrogens is 375 g/mol. The number of halogens is 1. The van der Waals surface area contributed by atoms with Crippen LogP contribution < -0.4 is 5.32 Å². The number of nitrogens with one attached hydrogen (secondary N) is 2. The Morgan fingerprint density at radius 2 is 1.79 bits per heavy atom. The van der Waals surface area contributed by atoms with Gasteiger partial charge in [-0.2, -0.15) is 0 Å². The van der Waals surface area contributed by atoms with Gasteiger partial charge in [-0.3, -0.25) is 9.78 Å². The van der Waals surface area contributed by atoms with Crippen molar-refractivity contribution in [2.45, 2.75) is 13.2 Å². The summed E-state index contributed by atoms with van der Waals surface area (Å²) in [6.07, 6.45) is 2.64. The molecule has 7 nitrogen and oxygen atoms in total. The van der Waals surface area contributed by atoms with Crippen molar-refractivity contribution in [3.8, 4) is 22.5 Å². The summed E-state index contributed by atoms with van der Waals surface area (Å²) in [6.45, 7) is 2.19. The zero-order valence-corrected chi connectivity index (χ0v) is 16.1. The maximum Gasteiger partial charge on any atom is 0.230 e. The summed E-state index contributed by atoms with van der Waals surface area (Å²) in [5, 5.41) is 2.63. The van der Waals surface area contributed by atoms with Crippen LogP contribution in [0.3, 0.4) is 0 Å². The van der Waals surface area contributed by atoms with E-state index in [9.17, 15) is 9.18 Å². The minimum atomic E-state index is -0.758. The zero-order valence-electron chi connectivity index (χ0n) is 16.1. The van der Waals surface area contributed by atoms with Crippen LogP contribution >= 0.6 is 0 Å². The molecule has 2 aromatic heterocycles. The summed E-state index contributed by atoms with van der Waals surface area (Å²) < 4.78 is 25.0. The first-order valence-electron chi connectivity index (χ1n) is 9.22. The van der Waals surface area contributed by atoms with Crippen molar-refractivity contribution in [1.82, 2.24) is 20.3 Å². The molecule has 29 heavy (non-hydrogen) atoms. The number of amides is 1. The number of hydrogen-bond donors (Lipinski definition) is 2. The zero-order chi connectivity index (χ0) is 20.4. The van der Waals surface area contributed by atoms with E-state index < -0.39 is 11.7 Å². The highest BCUT2D eigenvalue weighted by Gasteiger charge is 2.40. The van der Waals surface area contributed by atoms with E-state index in [2.05, 4.69) is 20.3 Å². The maximum atomic E-state index is 13.4. The number of aromatic nitrogens is 3. The summed E-state index contributed by atoms with van der Waals surface area (Å²) in [7, 11) is 1.59. The fourth-order valence-electron chi connectivity index (χ4n) is 3.25. The van der Waals surface area contributed by atoms with Crippen LogP contribution in [0.4, 0.5) is 4.39 Å². The Morgan fingerprint density at radius 1 is 1.14 bits per heavy atom. The second-order valence-electron chi connectivity index (χ2n) is 7.18. The normalized spacial score (nSPS) is 21.7. The number of H-pyrrole nitrogens is 1. The first kappa shape index (κ1) is 19.2. The van der Waals surface area contributed by atoms with Gasteiger partial charge in [0.25, 0.3) is 0 Å². The van der Waals surface area contributed by atoms with Crippen LogP contribution in [0.25, 0.3) is 22.5 Å². The topological polar surface area (TPSA) is 89.1 Å². The Bertz CT molecular complexity index is 997. The predicted octanol–water partition coefficient (Wildman–Crippen LogP) is 3.08. The number of benzene rings is 1. The van der Waals surface area contributed by atoms with Gasteiger partial charge in [-0.1, -0.05) is 0 Å². The molecule has 3 aromatic rings. The lowest BCUT2D eigenvalue weighted by molar-refractivity contribution is -0.230. The van der Waals surface area contributed by atoms with Crippen molar-refractivity contribution < 1.29 is 18.7 Å². The maximum absolute atomic E-state index is 13.4. The first-order valence-corrected chi connectivity index (χ1v) is 9.22. The van der Waals surface area contributed by atoms with Gasteiger partial charge in [0, 0.05) is 30.6 Å². The molecule has 1 aliphatic heterocycles. The number of nitrogens with zero attached hydrogens (tertiary/aromatic N) is 2. The van der Waals surface area contributed by atoms with Gasteiger partial charge in [0.15, 0.2) is 5.82 Å². The molecule has 1 saturated heterocycles. The molecule has 0 radical (unpaired) electrons. The molecule has 0 spiro atoms. The molecule has 3 heterocycles. The smallest absolute Gasteiger partial charge is 0.230 e. The molecule has 4 rings (SSSR count). The van der Waals surface area contributed by atoms with Crippen LogP contribution in [0, 0.1) is 11.2 Å².